The van der Waals surface area contributed by atoms with Crippen LogP contribution >= 0.6 is 7.82 Å². The third-order valence-corrected chi connectivity index (χ3v) is 21.2. The van der Waals surface area contributed by atoms with Crippen LogP contribution in [0.25, 0.3) is 0 Å². The summed E-state index contributed by atoms with van der Waals surface area (Å²) in [7, 11) is 1.51. The van der Waals surface area contributed by atoms with E-state index in [1.165, 1.54) is 398 Å². The van der Waals surface area contributed by atoms with Crippen LogP contribution in [-0.2, 0) is 32.7 Å². The molecule has 0 bridgehead atoms. The molecule has 576 valence electrons. The highest BCUT2D eigenvalue weighted by atomic mass is 31.2. The molecule has 0 amide bonds. The number of quaternary nitrogens is 1. The largest absolute Gasteiger partial charge is 0.472 e. The third kappa shape index (κ3) is 83.3. The minimum atomic E-state index is -4.39. The number of hydrogen-bond donors (Lipinski definition) is 1. The molecule has 0 heterocycles. The van der Waals surface area contributed by atoms with Crippen molar-refractivity contribution in [1.29, 1.82) is 0 Å². The predicted molar refractivity (Wildman–Crippen MR) is 423 cm³/mol. The molecule has 9 nitrogen and oxygen atoms in total. The number of hydrogen-bond acceptors (Lipinski definition) is 7. The topological polar surface area (TPSA) is 108 Å². The predicted octanol–water partition coefficient (Wildman–Crippen LogP) is 29.1. The summed E-state index contributed by atoms with van der Waals surface area (Å²) in [5.74, 6) is -0.765. The van der Waals surface area contributed by atoms with E-state index < -0.39 is 26.5 Å². The zero-order valence-corrected chi connectivity index (χ0v) is 67.0. The molecule has 0 radical (unpaired) electrons. The summed E-state index contributed by atoms with van der Waals surface area (Å²) in [5, 5.41) is 0. The monoisotopic (exact) mass is 1390 g/mol. The zero-order valence-electron chi connectivity index (χ0n) is 66.1. The first kappa shape index (κ1) is 95.5. The Morgan fingerprint density at radius 2 is 0.557 bits per heavy atom. The number of phosphoric ester groups is 1. The molecule has 0 rings (SSSR count). The molecule has 0 aromatic rings. The van der Waals surface area contributed by atoms with Crippen molar-refractivity contribution >= 4 is 19.8 Å². The third-order valence-electron chi connectivity index (χ3n) is 20.2. The molecule has 0 saturated carbocycles. The summed E-state index contributed by atoms with van der Waals surface area (Å²) in [6.07, 6.45) is 102. The number of rotatable bonds is 83. The summed E-state index contributed by atoms with van der Waals surface area (Å²) in [6, 6.07) is 0. The molecule has 2 unspecified atom stereocenters. The van der Waals surface area contributed by atoms with Crippen molar-refractivity contribution < 1.29 is 42.1 Å². The number of carbonyl (C=O) groups excluding carboxylic acids is 2. The molecule has 0 aliphatic rings. The van der Waals surface area contributed by atoms with Gasteiger partial charge in [-0.05, 0) is 44.9 Å². The number of likely N-dealkylation sites (N-methyl/N-ethyl adjacent to an activating group) is 1. The van der Waals surface area contributed by atoms with Gasteiger partial charge in [-0.25, -0.2) is 4.57 Å². The lowest BCUT2D eigenvalue weighted by Gasteiger charge is -2.24. The van der Waals surface area contributed by atoms with Gasteiger partial charge in [0, 0.05) is 12.8 Å². The summed E-state index contributed by atoms with van der Waals surface area (Å²) < 4.78 is 34.9. The highest BCUT2D eigenvalue weighted by Gasteiger charge is 2.27. The van der Waals surface area contributed by atoms with E-state index in [9.17, 15) is 19.0 Å². The van der Waals surface area contributed by atoms with Crippen molar-refractivity contribution in [2.24, 2.45) is 0 Å². The Morgan fingerprint density at radius 3 is 0.814 bits per heavy atom. The van der Waals surface area contributed by atoms with E-state index in [1.807, 2.05) is 21.1 Å². The molecule has 0 spiro atoms. The Labute approximate surface area is 606 Å². The molecule has 0 aromatic heterocycles. The lowest BCUT2D eigenvalue weighted by Crippen LogP contribution is -2.37. The summed E-state index contributed by atoms with van der Waals surface area (Å²) in [5.41, 5.74) is 0. The Bertz CT molecular complexity index is 1680. The van der Waals surface area contributed by atoms with Crippen LogP contribution in [0.15, 0.2) is 24.3 Å². The van der Waals surface area contributed by atoms with Crippen molar-refractivity contribution in [3.8, 4) is 0 Å². The summed E-state index contributed by atoms with van der Waals surface area (Å²) in [4.78, 5) is 36.0. The van der Waals surface area contributed by atoms with Crippen LogP contribution in [0, 0.1) is 0 Å². The van der Waals surface area contributed by atoms with Gasteiger partial charge in [0.15, 0.2) is 6.10 Å². The van der Waals surface area contributed by atoms with Gasteiger partial charge in [0.05, 0.1) is 27.7 Å². The molecule has 2 atom stereocenters. The number of unbranched alkanes of at least 4 members (excludes halogenated alkanes) is 65. The zero-order chi connectivity index (χ0) is 70.4. The quantitative estimate of drug-likeness (QED) is 0.0211. The number of carbonyl (C=O) groups is 2. The van der Waals surface area contributed by atoms with Gasteiger partial charge in [0.2, 0.25) is 0 Å². The van der Waals surface area contributed by atoms with Gasteiger partial charge in [0.1, 0.15) is 19.8 Å². The van der Waals surface area contributed by atoms with Gasteiger partial charge in [-0.15, -0.1) is 0 Å². The highest BCUT2D eigenvalue weighted by molar-refractivity contribution is 7.47. The van der Waals surface area contributed by atoms with Crippen LogP contribution in [-0.4, -0.2) is 74.9 Å². The van der Waals surface area contributed by atoms with E-state index in [2.05, 4.69) is 38.2 Å². The van der Waals surface area contributed by atoms with Crippen molar-refractivity contribution in [2.45, 2.75) is 476 Å². The molecule has 0 aliphatic carbocycles. The van der Waals surface area contributed by atoms with Gasteiger partial charge in [-0.2, -0.15) is 0 Å². The molecular formula is C87H171NO8P+. The Balaban J connectivity index is 3.84. The van der Waals surface area contributed by atoms with Crippen LogP contribution in [0.5, 0.6) is 0 Å². The molecule has 0 aromatic carbocycles. The lowest BCUT2D eigenvalue weighted by atomic mass is 10.0. The van der Waals surface area contributed by atoms with E-state index in [4.69, 9.17) is 18.5 Å². The Kier molecular flexibility index (Phi) is 77.4. The second-order valence-corrected chi connectivity index (χ2v) is 32.7. The number of phosphoric acid groups is 1. The molecule has 10 heteroatoms. The van der Waals surface area contributed by atoms with Crippen LogP contribution in [0.2, 0.25) is 0 Å². The SMILES string of the molecule is CCCCCCC/C=C\C/C=C\CCCCCCCCCCCCCCCCCCCCCCCCCCCCCCCC(=O)OC(COC(=O)CCCCCCCCCCCCCCCCCCCCCCCCCCCCCCCCCC)COP(=O)(O)OCC[N+](C)(C)C. The van der Waals surface area contributed by atoms with Crippen LogP contribution in [0.1, 0.15) is 470 Å². The van der Waals surface area contributed by atoms with Gasteiger partial charge in [0.25, 0.3) is 0 Å². The number of esters is 2. The fourth-order valence-electron chi connectivity index (χ4n) is 13.6. The number of ether oxygens (including phenoxy) is 2. The molecule has 0 saturated heterocycles. The molecule has 0 aliphatic heterocycles. The minimum absolute atomic E-state index is 0.0368. The first-order valence-electron chi connectivity index (χ1n) is 43.6. The Hall–Kier alpha value is -1.51. The van der Waals surface area contributed by atoms with Gasteiger partial charge in [-0.1, -0.05) is 436 Å². The second kappa shape index (κ2) is 78.6. The van der Waals surface area contributed by atoms with E-state index in [1.54, 1.807) is 0 Å². The van der Waals surface area contributed by atoms with Gasteiger partial charge in [-0.3, -0.25) is 18.6 Å². The van der Waals surface area contributed by atoms with Crippen LogP contribution in [0.3, 0.4) is 0 Å². The maximum Gasteiger partial charge on any atom is 0.472 e. The normalized spacial score (nSPS) is 13.0. The number of allylic oxidation sites excluding steroid dienone is 4. The molecular weight excluding hydrogens is 1220 g/mol. The minimum Gasteiger partial charge on any atom is -0.462 e. The van der Waals surface area contributed by atoms with E-state index in [0.29, 0.717) is 17.4 Å². The Morgan fingerprint density at radius 1 is 0.320 bits per heavy atom. The summed E-state index contributed by atoms with van der Waals surface area (Å²) >= 11 is 0. The van der Waals surface area contributed by atoms with Crippen molar-refractivity contribution in [1.82, 2.24) is 0 Å². The molecule has 1 N–H and O–H groups in total. The maximum atomic E-state index is 12.9. The van der Waals surface area contributed by atoms with E-state index >= 15 is 0 Å². The maximum absolute atomic E-state index is 12.9. The summed E-state index contributed by atoms with van der Waals surface area (Å²) in [6.45, 7) is 4.52. The lowest BCUT2D eigenvalue weighted by molar-refractivity contribution is -0.870. The molecule has 97 heavy (non-hydrogen) atoms. The first-order valence-corrected chi connectivity index (χ1v) is 45.1. The van der Waals surface area contributed by atoms with Crippen molar-refractivity contribution in [3.63, 3.8) is 0 Å². The average molecular weight is 1390 g/mol. The standard InChI is InChI=1S/C87H170NO8P/c1-6-8-10-12-14-16-18-20-22-24-26-28-30-32-34-36-38-40-41-42-43-44-45-46-47-48-50-52-54-56-58-60-62-64-66-68-70-72-74-76-78-80-87(90)96-85(84-95-97(91,92)94-82-81-88(3,4)5)83-93-86(89)79-77-75-73-71-69-67-65-63-61-59-57-55-53-51-49-39-37-35-33-31-29-27-25-23-21-19-17-15-13-11-9-7-2/h18,20,24,26,85H,6-17,19,21-23,25,27-84H2,1-5H3/p+1/b20-18-,26-24-. The first-order chi connectivity index (χ1) is 47.5. The fourth-order valence-corrected chi connectivity index (χ4v) is 14.3. The second-order valence-electron chi connectivity index (χ2n) is 31.3. The average Bonchev–Trinajstić information content (AvgIpc) is 1.69. The van der Waals surface area contributed by atoms with Crippen LogP contribution < -0.4 is 0 Å². The number of nitrogens with zero attached hydrogens (tertiary/aromatic N) is 1. The van der Waals surface area contributed by atoms with E-state index in [-0.39, 0.29) is 25.6 Å². The van der Waals surface area contributed by atoms with Gasteiger partial charge >= 0.3 is 19.8 Å². The van der Waals surface area contributed by atoms with Gasteiger partial charge < -0.3 is 18.9 Å². The fraction of sp³-hybridized carbons (Fsp3) is 0.931. The van der Waals surface area contributed by atoms with Crippen molar-refractivity contribution in [3.05, 3.63) is 24.3 Å². The van der Waals surface area contributed by atoms with Crippen molar-refractivity contribution in [2.75, 3.05) is 47.5 Å². The highest BCUT2D eigenvalue weighted by Crippen LogP contribution is 2.43. The van der Waals surface area contributed by atoms with E-state index in [0.717, 1.165) is 44.9 Å². The molecule has 0 fully saturated rings. The smallest absolute Gasteiger partial charge is 0.462 e. The van der Waals surface area contributed by atoms with Crippen LogP contribution in [0.4, 0.5) is 0 Å².